The molecular formula is C26H28F3N5O5S. The summed E-state index contributed by atoms with van der Waals surface area (Å²) in [5.74, 6) is -1.01. The van der Waals surface area contributed by atoms with Gasteiger partial charge in [0.25, 0.3) is 5.91 Å². The normalized spacial score (nSPS) is 18.6. The fourth-order valence-corrected chi connectivity index (χ4v) is 5.63. The molecule has 1 atom stereocenters. The van der Waals surface area contributed by atoms with Gasteiger partial charge < -0.3 is 21.5 Å². The number of aryl methyl sites for hydroxylation is 1. The molecule has 2 aromatic carbocycles. The number of amides is 2. The van der Waals surface area contributed by atoms with Crippen LogP contribution in [-0.4, -0.2) is 66.8 Å². The topological polar surface area (TPSA) is 154 Å². The number of hydrogen-bond donors (Lipinski definition) is 4. The fraction of sp³-hybridized carbons (Fsp3) is 0.346. The number of alkyl halides is 3. The van der Waals surface area contributed by atoms with Gasteiger partial charge in [-0.3, -0.25) is 14.6 Å². The Kier molecular flexibility index (Phi) is 8.17. The summed E-state index contributed by atoms with van der Waals surface area (Å²) in [6, 6.07) is 8.26. The molecule has 2 aliphatic heterocycles. The minimum absolute atomic E-state index is 0.00543. The van der Waals surface area contributed by atoms with Gasteiger partial charge in [0, 0.05) is 29.7 Å². The van der Waals surface area contributed by atoms with Gasteiger partial charge in [0.15, 0.2) is 0 Å². The Morgan fingerprint density at radius 1 is 1.25 bits per heavy atom. The van der Waals surface area contributed by atoms with Crippen LogP contribution >= 0.6 is 0 Å². The first-order valence-corrected chi connectivity index (χ1v) is 13.8. The van der Waals surface area contributed by atoms with E-state index in [1.54, 1.807) is 25.1 Å². The van der Waals surface area contributed by atoms with E-state index in [1.165, 1.54) is 22.5 Å². The molecule has 1 fully saturated rings. The summed E-state index contributed by atoms with van der Waals surface area (Å²) in [7, 11) is -3.86. The molecule has 2 amide bonds. The first-order valence-electron chi connectivity index (χ1n) is 12.3. The van der Waals surface area contributed by atoms with Crippen LogP contribution in [-0.2, 0) is 25.8 Å². The standard InChI is InChI=1S/C26H28F3N5O5S/c1-16-13-20(31-23(36)21(30)15-35)6-5-17(16)7-12-40(38,39)34-10-8-25(9-11-34)24(37)32-22(33-25)18-3-2-4-19(14-18)26(27,28)29/h2-7,12-14,21,35H,8-11,15,30H2,1H3,(H,31,36)(H,32,33,37)/t21-/m0/s1. The van der Waals surface area contributed by atoms with E-state index in [0.717, 1.165) is 17.5 Å². The third-order valence-electron chi connectivity index (χ3n) is 6.84. The number of nitrogens with one attached hydrogen (secondary N) is 2. The Bertz CT molecular complexity index is 1480. The molecule has 10 nitrogen and oxygen atoms in total. The minimum Gasteiger partial charge on any atom is -0.394 e. The van der Waals surface area contributed by atoms with Crippen molar-refractivity contribution in [1.82, 2.24) is 9.62 Å². The number of nitrogens with zero attached hydrogens (tertiary/aromatic N) is 2. The first-order chi connectivity index (χ1) is 18.7. The minimum atomic E-state index is -4.55. The van der Waals surface area contributed by atoms with Gasteiger partial charge in [0.2, 0.25) is 15.9 Å². The molecule has 2 aromatic rings. The van der Waals surface area contributed by atoms with E-state index in [1.807, 2.05) is 0 Å². The van der Waals surface area contributed by atoms with Crippen LogP contribution in [0.4, 0.5) is 18.9 Å². The average Bonchev–Trinajstić information content (AvgIpc) is 3.22. The van der Waals surface area contributed by atoms with Crippen molar-refractivity contribution in [2.75, 3.05) is 25.0 Å². The molecule has 1 spiro atoms. The summed E-state index contributed by atoms with van der Waals surface area (Å²) in [5.41, 5.74) is 5.19. The van der Waals surface area contributed by atoms with Gasteiger partial charge in [-0.05, 0) is 61.2 Å². The highest BCUT2D eigenvalue weighted by Crippen LogP contribution is 2.34. The van der Waals surface area contributed by atoms with Gasteiger partial charge in [0.05, 0.1) is 12.2 Å². The van der Waals surface area contributed by atoms with E-state index in [9.17, 15) is 31.2 Å². The van der Waals surface area contributed by atoms with Crippen molar-refractivity contribution in [1.29, 1.82) is 0 Å². The summed E-state index contributed by atoms with van der Waals surface area (Å²) in [4.78, 5) is 29.1. The van der Waals surface area contributed by atoms with Crippen molar-refractivity contribution < 1.29 is 36.3 Å². The van der Waals surface area contributed by atoms with E-state index >= 15 is 0 Å². The predicted octanol–water partition coefficient (Wildman–Crippen LogP) is 1.98. The Labute approximate surface area is 228 Å². The summed E-state index contributed by atoms with van der Waals surface area (Å²) < 4.78 is 66.5. The molecule has 214 valence electrons. The Balaban J connectivity index is 1.43. The van der Waals surface area contributed by atoms with E-state index in [-0.39, 0.29) is 37.3 Å². The van der Waals surface area contributed by atoms with Gasteiger partial charge in [-0.15, -0.1) is 0 Å². The van der Waals surface area contributed by atoms with Crippen molar-refractivity contribution in [3.05, 3.63) is 70.1 Å². The SMILES string of the molecule is Cc1cc(NC(=O)[C@@H](N)CO)ccc1C=CS(=O)(=O)N1CCC2(CC1)N=C(c1cccc(C(F)(F)F)c1)NC2=O. The number of sulfonamides is 1. The van der Waals surface area contributed by atoms with Crippen LogP contribution in [0, 0.1) is 6.92 Å². The van der Waals surface area contributed by atoms with Gasteiger partial charge in [-0.2, -0.15) is 17.5 Å². The summed E-state index contributed by atoms with van der Waals surface area (Å²) in [6.07, 6.45) is -2.99. The van der Waals surface area contributed by atoms with Crippen LogP contribution in [0.3, 0.4) is 0 Å². The molecule has 0 aromatic heterocycles. The second kappa shape index (κ2) is 11.1. The zero-order valence-electron chi connectivity index (χ0n) is 21.4. The number of nitrogens with two attached hydrogens (primary N) is 1. The van der Waals surface area contributed by atoms with E-state index in [4.69, 9.17) is 10.8 Å². The molecule has 2 heterocycles. The third kappa shape index (κ3) is 6.25. The number of halogens is 3. The molecule has 0 radical (unpaired) electrons. The lowest BCUT2D eigenvalue weighted by atomic mass is 9.89. The number of rotatable bonds is 7. The number of carbonyl (C=O) groups excluding carboxylic acids is 2. The zero-order chi connectivity index (χ0) is 29.3. The smallest absolute Gasteiger partial charge is 0.394 e. The highest BCUT2D eigenvalue weighted by molar-refractivity contribution is 7.92. The monoisotopic (exact) mass is 579 g/mol. The predicted molar refractivity (Wildman–Crippen MR) is 142 cm³/mol. The van der Waals surface area contributed by atoms with Crippen LogP contribution in [0.5, 0.6) is 0 Å². The summed E-state index contributed by atoms with van der Waals surface area (Å²) in [5, 5.41) is 15.2. The third-order valence-corrected chi connectivity index (χ3v) is 8.41. The number of aliphatic hydroxyl groups is 1. The molecule has 0 bridgehead atoms. The molecule has 0 aliphatic carbocycles. The van der Waals surface area contributed by atoms with Crippen molar-refractivity contribution in [3.63, 3.8) is 0 Å². The fourth-order valence-electron chi connectivity index (χ4n) is 4.45. The van der Waals surface area contributed by atoms with Gasteiger partial charge in [-0.25, -0.2) is 8.42 Å². The number of hydrogen-bond acceptors (Lipinski definition) is 7. The maximum Gasteiger partial charge on any atom is 0.416 e. The van der Waals surface area contributed by atoms with Crippen molar-refractivity contribution in [2.45, 2.75) is 37.5 Å². The zero-order valence-corrected chi connectivity index (χ0v) is 22.2. The van der Waals surface area contributed by atoms with Crippen LogP contribution < -0.4 is 16.4 Å². The van der Waals surface area contributed by atoms with E-state index in [0.29, 0.717) is 16.8 Å². The molecular weight excluding hydrogens is 551 g/mol. The number of benzene rings is 2. The first kappa shape index (κ1) is 29.4. The van der Waals surface area contributed by atoms with Crippen LogP contribution in [0.2, 0.25) is 0 Å². The number of aliphatic hydroxyl groups excluding tert-OH is 1. The van der Waals surface area contributed by atoms with Crippen molar-refractivity contribution in [3.8, 4) is 0 Å². The Morgan fingerprint density at radius 3 is 2.58 bits per heavy atom. The number of amidine groups is 1. The molecule has 2 aliphatic rings. The largest absolute Gasteiger partial charge is 0.416 e. The number of carbonyl (C=O) groups is 2. The van der Waals surface area contributed by atoms with Gasteiger partial charge in [-0.1, -0.05) is 18.2 Å². The molecule has 0 saturated carbocycles. The van der Waals surface area contributed by atoms with Gasteiger partial charge in [0.1, 0.15) is 17.4 Å². The van der Waals surface area contributed by atoms with Crippen molar-refractivity contribution >= 4 is 39.4 Å². The second-order valence-electron chi connectivity index (χ2n) is 9.62. The quantitative estimate of drug-likeness (QED) is 0.394. The maximum absolute atomic E-state index is 13.1. The molecule has 14 heteroatoms. The lowest BCUT2D eigenvalue weighted by Gasteiger charge is -2.34. The highest BCUT2D eigenvalue weighted by Gasteiger charge is 2.47. The summed E-state index contributed by atoms with van der Waals surface area (Å²) >= 11 is 0. The van der Waals surface area contributed by atoms with E-state index < -0.39 is 51.8 Å². The van der Waals surface area contributed by atoms with Crippen LogP contribution in [0.15, 0.2) is 52.9 Å². The summed E-state index contributed by atoms with van der Waals surface area (Å²) in [6.45, 7) is 1.22. The Morgan fingerprint density at radius 2 is 1.95 bits per heavy atom. The van der Waals surface area contributed by atoms with Gasteiger partial charge >= 0.3 is 6.18 Å². The molecule has 4 rings (SSSR count). The maximum atomic E-state index is 13.1. The number of piperidine rings is 1. The number of anilines is 1. The van der Waals surface area contributed by atoms with Crippen LogP contribution in [0.25, 0.3) is 6.08 Å². The molecule has 40 heavy (non-hydrogen) atoms. The molecule has 0 unspecified atom stereocenters. The molecule has 1 saturated heterocycles. The lowest BCUT2D eigenvalue weighted by molar-refractivity contribution is -0.137. The average molecular weight is 580 g/mol. The number of aliphatic imine (C=N–C) groups is 1. The highest BCUT2D eigenvalue weighted by atomic mass is 32.2. The van der Waals surface area contributed by atoms with E-state index in [2.05, 4.69) is 15.6 Å². The van der Waals surface area contributed by atoms with Crippen molar-refractivity contribution in [2.24, 2.45) is 10.7 Å². The molecule has 5 N–H and O–H groups in total. The van der Waals surface area contributed by atoms with Crippen LogP contribution in [0.1, 0.15) is 35.1 Å². The second-order valence-corrected chi connectivity index (χ2v) is 11.4. The lowest BCUT2D eigenvalue weighted by Crippen LogP contribution is -2.50. The Hall–Kier alpha value is -3.59.